The molecule has 0 aliphatic carbocycles. The van der Waals surface area contributed by atoms with Crippen LogP contribution in [0.1, 0.15) is 42.2 Å². The lowest BCUT2D eigenvalue weighted by molar-refractivity contribution is 0.449. The van der Waals surface area contributed by atoms with Crippen molar-refractivity contribution in [2.45, 2.75) is 39.3 Å². The number of aromatic nitrogens is 3. The first-order valence-corrected chi connectivity index (χ1v) is 11.1. The molecule has 3 aromatic rings. The highest BCUT2D eigenvalue weighted by atomic mass is 127. The number of rotatable bonds is 6. The van der Waals surface area contributed by atoms with Crippen LogP contribution in [0.5, 0.6) is 0 Å². The van der Waals surface area contributed by atoms with Crippen LogP contribution in [0.15, 0.2) is 65.7 Å². The van der Waals surface area contributed by atoms with E-state index in [2.05, 4.69) is 88.0 Å². The Labute approximate surface area is 208 Å². The average Bonchev–Trinajstić information content (AvgIpc) is 3.39. The molecule has 1 aromatic heterocycles. The first kappa shape index (κ1) is 24.2. The molecule has 2 atom stereocenters. The lowest BCUT2D eigenvalue weighted by Crippen LogP contribution is -2.41. The highest BCUT2D eigenvalue weighted by Gasteiger charge is 2.26. The summed E-state index contributed by atoms with van der Waals surface area (Å²) in [6.07, 6.45) is 2.29. The Morgan fingerprint density at radius 3 is 2.44 bits per heavy atom. The Morgan fingerprint density at radius 1 is 1.09 bits per heavy atom. The topological polar surface area (TPSA) is 58.3 Å². The van der Waals surface area contributed by atoms with Gasteiger partial charge in [-0.15, -0.1) is 34.2 Å². The van der Waals surface area contributed by atoms with E-state index in [1.807, 2.05) is 18.5 Å². The molecule has 1 aliphatic rings. The molecule has 0 bridgehead atoms. The summed E-state index contributed by atoms with van der Waals surface area (Å²) >= 11 is 0. The van der Waals surface area contributed by atoms with E-state index in [0.29, 0.717) is 12.5 Å². The molecule has 1 fully saturated rings. The Bertz CT molecular complexity index is 1000. The lowest BCUT2D eigenvalue weighted by atomic mass is 9.99. The van der Waals surface area contributed by atoms with Crippen LogP contribution in [-0.2, 0) is 20.0 Å². The number of hydrogen-bond acceptors (Lipinski definition) is 3. The van der Waals surface area contributed by atoms with Gasteiger partial charge in [-0.2, -0.15) is 0 Å². The van der Waals surface area contributed by atoms with Crippen molar-refractivity contribution in [1.82, 2.24) is 25.0 Å². The third-order valence-electron chi connectivity index (χ3n) is 6.15. The van der Waals surface area contributed by atoms with E-state index in [1.54, 1.807) is 0 Å². The third-order valence-corrected chi connectivity index (χ3v) is 6.15. The number of benzene rings is 2. The summed E-state index contributed by atoms with van der Waals surface area (Å²) in [7, 11) is 1.99. The molecule has 0 radical (unpaired) electrons. The van der Waals surface area contributed by atoms with Crippen LogP contribution in [0.25, 0.3) is 0 Å². The molecule has 2 unspecified atom stereocenters. The Kier molecular flexibility index (Phi) is 8.67. The molecule has 0 amide bonds. The predicted molar refractivity (Wildman–Crippen MR) is 140 cm³/mol. The molecule has 32 heavy (non-hydrogen) atoms. The number of aliphatic imine (C=N–C) groups is 1. The first-order chi connectivity index (χ1) is 15.1. The number of guanidine groups is 1. The molecule has 2 aromatic carbocycles. The lowest BCUT2D eigenvalue weighted by Gasteiger charge is -2.26. The number of halogens is 1. The van der Waals surface area contributed by atoms with E-state index in [-0.39, 0.29) is 30.0 Å². The van der Waals surface area contributed by atoms with Gasteiger partial charge in [0, 0.05) is 20.1 Å². The van der Waals surface area contributed by atoms with Gasteiger partial charge < -0.3 is 14.8 Å². The van der Waals surface area contributed by atoms with Crippen molar-refractivity contribution in [2.24, 2.45) is 18.0 Å². The van der Waals surface area contributed by atoms with Crippen molar-refractivity contribution in [3.8, 4) is 0 Å². The number of likely N-dealkylation sites (tertiary alicyclic amines) is 1. The zero-order valence-corrected chi connectivity index (χ0v) is 21.4. The summed E-state index contributed by atoms with van der Waals surface area (Å²) in [6.45, 7) is 6.70. The second-order valence-corrected chi connectivity index (χ2v) is 8.43. The molecular weight excluding hydrogens is 511 g/mol. The minimum absolute atomic E-state index is 0. The van der Waals surface area contributed by atoms with Gasteiger partial charge in [0.25, 0.3) is 0 Å². The van der Waals surface area contributed by atoms with E-state index in [4.69, 9.17) is 4.99 Å². The summed E-state index contributed by atoms with van der Waals surface area (Å²) in [5.74, 6) is 3.37. The summed E-state index contributed by atoms with van der Waals surface area (Å²) in [4.78, 5) is 7.36. The van der Waals surface area contributed by atoms with Gasteiger partial charge in [0.1, 0.15) is 12.4 Å². The second kappa shape index (κ2) is 11.4. The van der Waals surface area contributed by atoms with Gasteiger partial charge in [-0.1, -0.05) is 60.7 Å². The van der Waals surface area contributed by atoms with E-state index >= 15 is 0 Å². The minimum atomic E-state index is 0. The molecule has 4 rings (SSSR count). The molecular formula is C25H33IN6. The van der Waals surface area contributed by atoms with E-state index in [9.17, 15) is 0 Å². The normalized spacial score (nSPS) is 17.2. The molecule has 7 heteroatoms. The summed E-state index contributed by atoms with van der Waals surface area (Å²) in [5, 5.41) is 12.1. The van der Waals surface area contributed by atoms with Crippen molar-refractivity contribution in [1.29, 1.82) is 0 Å². The van der Waals surface area contributed by atoms with E-state index in [0.717, 1.165) is 37.1 Å². The van der Waals surface area contributed by atoms with Crippen LogP contribution < -0.4 is 5.32 Å². The fraction of sp³-hybridized carbons (Fsp3) is 0.400. The highest BCUT2D eigenvalue weighted by molar-refractivity contribution is 14.0. The summed E-state index contributed by atoms with van der Waals surface area (Å²) in [5.41, 5.74) is 2.66. The second-order valence-electron chi connectivity index (χ2n) is 8.43. The molecule has 1 aliphatic heterocycles. The number of aryl methyl sites for hydroxylation is 1. The van der Waals surface area contributed by atoms with E-state index < -0.39 is 0 Å². The monoisotopic (exact) mass is 544 g/mol. The standard InChI is InChI=1S/C25H32N6.HI/c1-19(23-12-8-5-9-13-23)27-25(26-17-24-29-28-20(2)30(24)3)31-15-14-22(18-31)16-21-10-6-4-7-11-21;/h4-13,19,22H,14-18H2,1-3H3,(H,26,27);1H. The zero-order valence-electron chi connectivity index (χ0n) is 19.1. The van der Waals surface area contributed by atoms with E-state index in [1.165, 1.54) is 17.5 Å². The fourth-order valence-electron chi connectivity index (χ4n) is 4.13. The number of hydrogen-bond donors (Lipinski definition) is 1. The molecule has 0 saturated carbocycles. The smallest absolute Gasteiger partial charge is 0.194 e. The fourth-order valence-corrected chi connectivity index (χ4v) is 4.13. The van der Waals surface area contributed by atoms with Crippen molar-refractivity contribution in [2.75, 3.05) is 13.1 Å². The van der Waals surface area contributed by atoms with Crippen LogP contribution in [0.3, 0.4) is 0 Å². The van der Waals surface area contributed by atoms with Gasteiger partial charge in [-0.25, -0.2) is 4.99 Å². The largest absolute Gasteiger partial charge is 0.350 e. The summed E-state index contributed by atoms with van der Waals surface area (Å²) in [6, 6.07) is 21.5. The van der Waals surface area contributed by atoms with Crippen molar-refractivity contribution in [3.05, 3.63) is 83.4 Å². The van der Waals surface area contributed by atoms with Crippen LogP contribution in [0.4, 0.5) is 0 Å². The summed E-state index contributed by atoms with van der Waals surface area (Å²) < 4.78 is 2.00. The quantitative estimate of drug-likeness (QED) is 0.282. The third kappa shape index (κ3) is 6.09. The molecule has 170 valence electrons. The van der Waals surface area contributed by atoms with Gasteiger partial charge in [-0.3, -0.25) is 0 Å². The van der Waals surface area contributed by atoms with Crippen molar-refractivity contribution in [3.63, 3.8) is 0 Å². The average molecular weight is 544 g/mol. The molecule has 1 N–H and O–H groups in total. The van der Waals surface area contributed by atoms with Crippen molar-refractivity contribution >= 4 is 29.9 Å². The van der Waals surface area contributed by atoms with Gasteiger partial charge in [0.05, 0.1) is 6.04 Å². The number of nitrogens with zero attached hydrogens (tertiary/aromatic N) is 5. The maximum atomic E-state index is 4.97. The first-order valence-electron chi connectivity index (χ1n) is 11.1. The van der Waals surface area contributed by atoms with Gasteiger partial charge in [0.15, 0.2) is 11.8 Å². The molecule has 1 saturated heterocycles. The zero-order chi connectivity index (χ0) is 21.6. The Hall–Kier alpha value is -2.42. The van der Waals surface area contributed by atoms with Gasteiger partial charge >= 0.3 is 0 Å². The Balaban J connectivity index is 0.00000289. The van der Waals surface area contributed by atoms with Crippen LogP contribution in [0, 0.1) is 12.8 Å². The van der Waals surface area contributed by atoms with Crippen LogP contribution >= 0.6 is 24.0 Å². The van der Waals surface area contributed by atoms with Gasteiger partial charge in [-0.05, 0) is 43.7 Å². The van der Waals surface area contributed by atoms with Gasteiger partial charge in [0.2, 0.25) is 0 Å². The van der Waals surface area contributed by atoms with Crippen molar-refractivity contribution < 1.29 is 0 Å². The maximum absolute atomic E-state index is 4.97. The Morgan fingerprint density at radius 2 is 1.78 bits per heavy atom. The molecule has 0 spiro atoms. The minimum Gasteiger partial charge on any atom is -0.350 e. The SMILES string of the molecule is Cc1nnc(CN=C(NC(C)c2ccccc2)N2CCC(Cc3ccccc3)C2)n1C.I. The maximum Gasteiger partial charge on any atom is 0.194 e. The highest BCUT2D eigenvalue weighted by Crippen LogP contribution is 2.22. The van der Waals surface area contributed by atoms with Crippen LogP contribution in [-0.4, -0.2) is 38.7 Å². The molecule has 2 heterocycles. The van der Waals surface area contributed by atoms with Crippen LogP contribution in [0.2, 0.25) is 0 Å². The predicted octanol–water partition coefficient (Wildman–Crippen LogP) is 4.51. The number of nitrogens with one attached hydrogen (secondary N) is 1. The molecule has 6 nitrogen and oxygen atoms in total.